The summed E-state index contributed by atoms with van der Waals surface area (Å²) in [4.78, 5) is 16.7. The number of rotatable bonds is 6. The maximum atomic E-state index is 12.4. The third kappa shape index (κ3) is 3.68. The minimum Gasteiger partial charge on any atom is -0.497 e. The van der Waals surface area contributed by atoms with Gasteiger partial charge in [-0.1, -0.05) is 11.6 Å². The van der Waals surface area contributed by atoms with Crippen LogP contribution >= 0.6 is 11.6 Å². The molecule has 3 aromatic rings. The van der Waals surface area contributed by atoms with Gasteiger partial charge < -0.3 is 9.47 Å². The topological polar surface area (TPSA) is 53.4 Å². The van der Waals surface area contributed by atoms with Gasteiger partial charge in [-0.25, -0.2) is 4.98 Å². The Hall–Kier alpha value is -2.53. The van der Waals surface area contributed by atoms with Gasteiger partial charge in [0, 0.05) is 11.6 Å². The van der Waals surface area contributed by atoms with Crippen LogP contribution in [0.2, 0.25) is 5.02 Å². The van der Waals surface area contributed by atoms with E-state index >= 15 is 0 Å². The van der Waals surface area contributed by atoms with E-state index in [4.69, 9.17) is 21.1 Å². The van der Waals surface area contributed by atoms with Gasteiger partial charge in [-0.3, -0.25) is 9.36 Å². The SMILES string of the molecule is COc1ccc(OCCCn2cnc3ccc(Cl)cc3c2=O)cc1. The predicted octanol–water partition coefficient (Wildman–Crippen LogP) is 3.53. The molecular formula is C18H17ClN2O3. The fraction of sp³-hybridized carbons (Fsp3) is 0.222. The van der Waals surface area contributed by atoms with Crippen LogP contribution in [-0.2, 0) is 6.54 Å². The van der Waals surface area contributed by atoms with E-state index in [0.29, 0.717) is 35.5 Å². The number of fused-ring (bicyclic) bond motifs is 1. The van der Waals surface area contributed by atoms with Crippen LogP contribution in [0.4, 0.5) is 0 Å². The van der Waals surface area contributed by atoms with Gasteiger partial charge in [0.05, 0.1) is 30.9 Å². The largest absolute Gasteiger partial charge is 0.497 e. The molecule has 0 spiro atoms. The van der Waals surface area contributed by atoms with Gasteiger partial charge >= 0.3 is 0 Å². The van der Waals surface area contributed by atoms with Crippen molar-refractivity contribution in [2.24, 2.45) is 0 Å². The summed E-state index contributed by atoms with van der Waals surface area (Å²) in [5.41, 5.74) is 0.557. The lowest BCUT2D eigenvalue weighted by Crippen LogP contribution is -2.21. The van der Waals surface area contributed by atoms with E-state index in [0.717, 1.165) is 11.5 Å². The zero-order valence-electron chi connectivity index (χ0n) is 13.2. The first-order chi connectivity index (χ1) is 11.7. The molecule has 6 heteroatoms. The number of benzene rings is 2. The molecule has 0 radical (unpaired) electrons. The van der Waals surface area contributed by atoms with E-state index in [1.165, 1.54) is 0 Å². The predicted molar refractivity (Wildman–Crippen MR) is 94.1 cm³/mol. The summed E-state index contributed by atoms with van der Waals surface area (Å²) in [5, 5.41) is 1.06. The maximum Gasteiger partial charge on any atom is 0.261 e. The Labute approximate surface area is 144 Å². The third-order valence-corrected chi connectivity index (χ3v) is 3.89. The minimum absolute atomic E-state index is 0.0908. The average molecular weight is 345 g/mol. The van der Waals surface area contributed by atoms with E-state index in [-0.39, 0.29) is 5.56 Å². The molecule has 0 unspecified atom stereocenters. The number of methoxy groups -OCH3 is 1. The molecule has 0 aliphatic carbocycles. The number of nitrogens with zero attached hydrogens (tertiary/aromatic N) is 2. The summed E-state index contributed by atoms with van der Waals surface area (Å²) in [6.45, 7) is 1.04. The monoisotopic (exact) mass is 344 g/mol. The van der Waals surface area contributed by atoms with E-state index < -0.39 is 0 Å². The van der Waals surface area contributed by atoms with Gasteiger partial charge in [0.15, 0.2) is 0 Å². The summed E-state index contributed by atoms with van der Waals surface area (Å²) in [7, 11) is 1.62. The smallest absolute Gasteiger partial charge is 0.261 e. The summed E-state index contributed by atoms with van der Waals surface area (Å²) in [5.74, 6) is 1.56. The van der Waals surface area contributed by atoms with Gasteiger partial charge in [0.1, 0.15) is 11.5 Å². The van der Waals surface area contributed by atoms with Crippen molar-refractivity contribution in [2.45, 2.75) is 13.0 Å². The molecule has 1 aromatic heterocycles. The molecular weight excluding hydrogens is 328 g/mol. The first kappa shape index (κ1) is 16.3. The van der Waals surface area contributed by atoms with Gasteiger partial charge in [-0.15, -0.1) is 0 Å². The molecule has 0 N–H and O–H groups in total. The van der Waals surface area contributed by atoms with Crippen LogP contribution in [0.3, 0.4) is 0 Å². The lowest BCUT2D eigenvalue weighted by Gasteiger charge is -2.09. The standard InChI is InChI=1S/C18H17ClN2O3/c1-23-14-4-6-15(7-5-14)24-10-2-9-21-12-20-17-8-3-13(19)11-16(17)18(21)22/h3-8,11-12H,2,9-10H2,1H3. The Morgan fingerprint density at radius 2 is 1.88 bits per heavy atom. The summed E-state index contributed by atoms with van der Waals surface area (Å²) < 4.78 is 12.3. The lowest BCUT2D eigenvalue weighted by molar-refractivity contribution is 0.300. The van der Waals surface area contributed by atoms with Crippen LogP contribution in [0.5, 0.6) is 11.5 Å². The first-order valence-electron chi connectivity index (χ1n) is 7.59. The van der Waals surface area contributed by atoms with E-state index in [1.807, 2.05) is 24.3 Å². The molecule has 0 bridgehead atoms. The van der Waals surface area contributed by atoms with Crippen LogP contribution in [-0.4, -0.2) is 23.3 Å². The van der Waals surface area contributed by atoms with E-state index in [9.17, 15) is 4.79 Å². The molecule has 1 heterocycles. The highest BCUT2D eigenvalue weighted by molar-refractivity contribution is 6.31. The second-order valence-electron chi connectivity index (χ2n) is 5.28. The van der Waals surface area contributed by atoms with Crippen LogP contribution in [0.1, 0.15) is 6.42 Å². The lowest BCUT2D eigenvalue weighted by atomic mass is 10.2. The van der Waals surface area contributed by atoms with Gasteiger partial charge in [-0.2, -0.15) is 0 Å². The molecule has 124 valence electrons. The number of halogens is 1. The Morgan fingerprint density at radius 3 is 2.62 bits per heavy atom. The van der Waals surface area contributed by atoms with Crippen LogP contribution in [0.25, 0.3) is 10.9 Å². The Morgan fingerprint density at radius 1 is 1.12 bits per heavy atom. The Bertz CT molecular complexity index is 891. The highest BCUT2D eigenvalue weighted by Gasteiger charge is 2.05. The van der Waals surface area contributed by atoms with Crippen LogP contribution in [0.15, 0.2) is 53.6 Å². The van der Waals surface area contributed by atoms with Crippen LogP contribution < -0.4 is 15.0 Å². The summed E-state index contributed by atoms with van der Waals surface area (Å²) in [6.07, 6.45) is 2.26. The number of aryl methyl sites for hydroxylation is 1. The van der Waals surface area contributed by atoms with Crippen molar-refractivity contribution >= 4 is 22.5 Å². The number of hydrogen-bond donors (Lipinski definition) is 0. The van der Waals surface area contributed by atoms with Crippen molar-refractivity contribution in [3.63, 3.8) is 0 Å². The maximum absolute atomic E-state index is 12.4. The molecule has 24 heavy (non-hydrogen) atoms. The molecule has 5 nitrogen and oxygen atoms in total. The van der Waals surface area contributed by atoms with Gasteiger partial charge in [0.2, 0.25) is 0 Å². The van der Waals surface area contributed by atoms with Crippen molar-refractivity contribution in [2.75, 3.05) is 13.7 Å². The molecule has 2 aromatic carbocycles. The highest BCUT2D eigenvalue weighted by atomic mass is 35.5. The zero-order chi connectivity index (χ0) is 16.9. The zero-order valence-corrected chi connectivity index (χ0v) is 14.0. The van der Waals surface area contributed by atoms with Crippen molar-refractivity contribution in [1.82, 2.24) is 9.55 Å². The Balaban J connectivity index is 1.61. The van der Waals surface area contributed by atoms with Crippen molar-refractivity contribution in [3.05, 3.63) is 64.2 Å². The molecule has 0 aliphatic rings. The van der Waals surface area contributed by atoms with Crippen molar-refractivity contribution in [3.8, 4) is 11.5 Å². The normalized spacial score (nSPS) is 10.8. The van der Waals surface area contributed by atoms with Crippen molar-refractivity contribution in [1.29, 1.82) is 0 Å². The van der Waals surface area contributed by atoms with Gasteiger partial charge in [-0.05, 0) is 48.9 Å². The van der Waals surface area contributed by atoms with Crippen molar-refractivity contribution < 1.29 is 9.47 Å². The average Bonchev–Trinajstić information content (AvgIpc) is 2.61. The van der Waals surface area contributed by atoms with E-state index in [2.05, 4.69) is 4.98 Å². The molecule has 0 saturated carbocycles. The Kier molecular flexibility index (Phi) is 5.01. The fourth-order valence-electron chi connectivity index (χ4n) is 2.39. The quantitative estimate of drug-likeness (QED) is 0.642. The molecule has 0 saturated heterocycles. The molecule has 0 aliphatic heterocycles. The second-order valence-corrected chi connectivity index (χ2v) is 5.72. The molecule has 3 rings (SSSR count). The number of ether oxygens (including phenoxy) is 2. The summed E-state index contributed by atoms with van der Waals surface area (Å²) >= 11 is 5.95. The van der Waals surface area contributed by atoms with Gasteiger partial charge in [0.25, 0.3) is 5.56 Å². The molecule has 0 amide bonds. The van der Waals surface area contributed by atoms with E-state index in [1.54, 1.807) is 36.2 Å². The highest BCUT2D eigenvalue weighted by Crippen LogP contribution is 2.17. The number of aromatic nitrogens is 2. The first-order valence-corrected chi connectivity index (χ1v) is 7.97. The number of hydrogen-bond acceptors (Lipinski definition) is 4. The minimum atomic E-state index is -0.0908. The second kappa shape index (κ2) is 7.36. The van der Waals surface area contributed by atoms with Crippen LogP contribution in [0, 0.1) is 0 Å². The molecule has 0 atom stereocenters. The molecule has 0 fully saturated rings. The third-order valence-electron chi connectivity index (χ3n) is 3.66. The summed E-state index contributed by atoms with van der Waals surface area (Å²) in [6, 6.07) is 12.5. The fourth-order valence-corrected chi connectivity index (χ4v) is 2.56.